The molecule has 1 aliphatic heterocycles. The molecule has 4 N–H and O–H groups in total. The number of anilines is 2. The second kappa shape index (κ2) is 6.54. The molecule has 0 amide bonds. The van der Waals surface area contributed by atoms with Crippen molar-refractivity contribution in [2.45, 2.75) is 0 Å². The van der Waals surface area contributed by atoms with Gasteiger partial charge in [0.1, 0.15) is 6.07 Å². The number of benzene rings is 1. The number of morpholine rings is 1. The third-order valence-corrected chi connectivity index (χ3v) is 2.90. The molecular formula is C13H16N6O. The van der Waals surface area contributed by atoms with Crippen LogP contribution in [0.4, 0.5) is 11.4 Å². The van der Waals surface area contributed by atoms with Crippen LogP contribution in [0.2, 0.25) is 0 Å². The van der Waals surface area contributed by atoms with Crippen molar-refractivity contribution in [2.24, 2.45) is 10.8 Å². The highest BCUT2D eigenvalue weighted by molar-refractivity contribution is 6.45. The van der Waals surface area contributed by atoms with Crippen molar-refractivity contribution < 1.29 is 4.74 Å². The minimum Gasteiger partial charge on any atom is -0.382 e. The van der Waals surface area contributed by atoms with E-state index >= 15 is 0 Å². The van der Waals surface area contributed by atoms with Crippen molar-refractivity contribution in [1.82, 2.24) is 0 Å². The number of amidine groups is 1. The standard InChI is InChI=1S/C13H16N6O/c14-9-12(13(15)16)18-17-10-1-3-11(4-2-10)19-5-7-20-8-6-19/h1-4,17H,5-8H2,(H3,15,16)/b18-12+. The summed E-state index contributed by atoms with van der Waals surface area (Å²) in [5, 5.41) is 19.7. The molecule has 0 atom stereocenters. The van der Waals surface area contributed by atoms with Crippen molar-refractivity contribution in [3.63, 3.8) is 0 Å². The highest BCUT2D eigenvalue weighted by Gasteiger charge is 2.10. The maximum atomic E-state index is 8.73. The summed E-state index contributed by atoms with van der Waals surface area (Å²) in [5.41, 5.74) is 9.63. The van der Waals surface area contributed by atoms with Crippen LogP contribution in [0.3, 0.4) is 0 Å². The average molecular weight is 272 g/mol. The number of hydrogen-bond acceptors (Lipinski definition) is 6. The number of nitrogens with one attached hydrogen (secondary N) is 2. The Kier molecular flexibility index (Phi) is 4.52. The van der Waals surface area contributed by atoms with Gasteiger partial charge in [0.15, 0.2) is 5.84 Å². The molecule has 0 saturated carbocycles. The fraction of sp³-hybridized carbons (Fsp3) is 0.308. The number of hydrogen-bond donors (Lipinski definition) is 3. The quantitative estimate of drug-likeness (QED) is 0.425. The topological polar surface area (TPSA) is 111 Å². The maximum Gasteiger partial charge on any atom is 0.201 e. The van der Waals surface area contributed by atoms with Gasteiger partial charge in [-0.15, -0.1) is 0 Å². The molecule has 1 fully saturated rings. The van der Waals surface area contributed by atoms with Crippen LogP contribution in [0.15, 0.2) is 29.4 Å². The van der Waals surface area contributed by atoms with Gasteiger partial charge in [-0.1, -0.05) is 0 Å². The molecule has 20 heavy (non-hydrogen) atoms. The molecule has 7 heteroatoms. The van der Waals surface area contributed by atoms with E-state index in [9.17, 15) is 0 Å². The van der Waals surface area contributed by atoms with Crippen molar-refractivity contribution in [3.8, 4) is 6.07 Å². The first-order chi connectivity index (χ1) is 9.70. The van der Waals surface area contributed by atoms with E-state index in [2.05, 4.69) is 15.4 Å². The zero-order valence-electron chi connectivity index (χ0n) is 11.0. The van der Waals surface area contributed by atoms with Gasteiger partial charge in [0.25, 0.3) is 0 Å². The molecule has 104 valence electrons. The van der Waals surface area contributed by atoms with E-state index in [0.29, 0.717) is 0 Å². The maximum absolute atomic E-state index is 8.73. The van der Waals surface area contributed by atoms with Crippen LogP contribution >= 0.6 is 0 Å². The average Bonchev–Trinajstić information content (AvgIpc) is 2.49. The Labute approximate surface area is 117 Å². The first-order valence-electron chi connectivity index (χ1n) is 6.21. The summed E-state index contributed by atoms with van der Waals surface area (Å²) in [6.07, 6.45) is 0. The van der Waals surface area contributed by atoms with Crippen molar-refractivity contribution in [2.75, 3.05) is 36.6 Å². The molecule has 0 aliphatic carbocycles. The van der Waals surface area contributed by atoms with Gasteiger partial charge in [0.05, 0.1) is 18.9 Å². The molecule has 0 radical (unpaired) electrons. The lowest BCUT2D eigenvalue weighted by Gasteiger charge is -2.28. The van der Waals surface area contributed by atoms with Crippen molar-refractivity contribution in [3.05, 3.63) is 24.3 Å². The largest absolute Gasteiger partial charge is 0.382 e. The number of rotatable bonds is 4. The van der Waals surface area contributed by atoms with Crippen molar-refractivity contribution >= 4 is 22.9 Å². The van der Waals surface area contributed by atoms with Crippen LogP contribution < -0.4 is 16.1 Å². The Bertz CT molecular complexity index is 539. The normalized spacial score (nSPS) is 15.6. The SMILES string of the molecule is N#C/C(=N\Nc1ccc(N2CCOCC2)cc1)C(=N)N. The lowest BCUT2D eigenvalue weighted by Crippen LogP contribution is -2.36. The smallest absolute Gasteiger partial charge is 0.201 e. The lowest BCUT2D eigenvalue weighted by atomic mass is 10.2. The predicted molar refractivity (Wildman–Crippen MR) is 78.1 cm³/mol. The third-order valence-electron chi connectivity index (χ3n) is 2.90. The Morgan fingerprint density at radius 1 is 1.35 bits per heavy atom. The summed E-state index contributed by atoms with van der Waals surface area (Å²) in [5.74, 6) is -0.357. The number of nitriles is 1. The summed E-state index contributed by atoms with van der Waals surface area (Å²) in [4.78, 5) is 2.24. The summed E-state index contributed by atoms with van der Waals surface area (Å²) in [6.45, 7) is 3.25. The first kappa shape index (κ1) is 13.8. The summed E-state index contributed by atoms with van der Waals surface area (Å²) in [6, 6.07) is 9.43. The van der Waals surface area contributed by atoms with Gasteiger partial charge in [0.2, 0.25) is 5.71 Å². The van der Waals surface area contributed by atoms with Crippen molar-refractivity contribution in [1.29, 1.82) is 10.7 Å². The van der Waals surface area contributed by atoms with Crippen LogP contribution in [0.25, 0.3) is 0 Å². The molecule has 0 bridgehead atoms. The number of nitrogens with two attached hydrogens (primary N) is 1. The van der Waals surface area contributed by atoms with Crippen LogP contribution in [0.5, 0.6) is 0 Å². The van der Waals surface area contributed by atoms with Gasteiger partial charge >= 0.3 is 0 Å². The summed E-state index contributed by atoms with van der Waals surface area (Å²) < 4.78 is 5.31. The summed E-state index contributed by atoms with van der Waals surface area (Å²) in [7, 11) is 0. The Morgan fingerprint density at radius 3 is 2.55 bits per heavy atom. The fourth-order valence-corrected chi connectivity index (χ4v) is 1.83. The molecule has 0 unspecified atom stereocenters. The molecular weight excluding hydrogens is 256 g/mol. The monoisotopic (exact) mass is 272 g/mol. The Balaban J connectivity index is 2.01. The van der Waals surface area contributed by atoms with Gasteiger partial charge in [-0.2, -0.15) is 10.4 Å². The minimum absolute atomic E-state index is 0.137. The molecule has 1 saturated heterocycles. The number of hydrazone groups is 1. The highest BCUT2D eigenvalue weighted by Crippen LogP contribution is 2.18. The second-order valence-electron chi connectivity index (χ2n) is 4.24. The van der Waals surface area contributed by atoms with Gasteiger partial charge in [-0.05, 0) is 24.3 Å². The molecule has 2 rings (SSSR count). The third kappa shape index (κ3) is 3.46. The van der Waals surface area contributed by atoms with Gasteiger partial charge in [-0.25, -0.2) is 0 Å². The van der Waals surface area contributed by atoms with Gasteiger partial charge in [0, 0.05) is 18.8 Å². The van der Waals surface area contributed by atoms with Crippen LogP contribution in [0.1, 0.15) is 0 Å². The number of nitrogens with zero attached hydrogens (tertiary/aromatic N) is 3. The van der Waals surface area contributed by atoms with Crippen LogP contribution in [0, 0.1) is 16.7 Å². The molecule has 1 aromatic rings. The van der Waals surface area contributed by atoms with Crippen LogP contribution in [-0.4, -0.2) is 37.9 Å². The van der Waals surface area contributed by atoms with E-state index in [1.54, 1.807) is 6.07 Å². The predicted octanol–water partition coefficient (Wildman–Crippen LogP) is 0.751. The highest BCUT2D eigenvalue weighted by atomic mass is 16.5. The molecule has 1 heterocycles. The molecule has 1 aliphatic rings. The molecule has 1 aromatic carbocycles. The zero-order chi connectivity index (χ0) is 14.4. The second-order valence-corrected chi connectivity index (χ2v) is 4.24. The van der Waals surface area contributed by atoms with E-state index in [0.717, 1.165) is 37.7 Å². The van der Waals surface area contributed by atoms with E-state index < -0.39 is 0 Å². The lowest BCUT2D eigenvalue weighted by molar-refractivity contribution is 0.122. The van der Waals surface area contributed by atoms with Crippen LogP contribution in [-0.2, 0) is 4.74 Å². The molecule has 7 nitrogen and oxygen atoms in total. The van der Waals surface area contributed by atoms with Gasteiger partial charge in [-0.3, -0.25) is 10.8 Å². The number of ether oxygens (including phenoxy) is 1. The Morgan fingerprint density at radius 2 is 2.00 bits per heavy atom. The molecule has 0 spiro atoms. The van der Waals surface area contributed by atoms with E-state index in [1.807, 2.05) is 24.3 Å². The van der Waals surface area contributed by atoms with E-state index in [4.69, 9.17) is 21.1 Å². The van der Waals surface area contributed by atoms with E-state index in [1.165, 1.54) is 0 Å². The van der Waals surface area contributed by atoms with Gasteiger partial charge < -0.3 is 15.4 Å². The summed E-state index contributed by atoms with van der Waals surface area (Å²) >= 11 is 0. The minimum atomic E-state index is -0.357. The fourth-order valence-electron chi connectivity index (χ4n) is 1.83. The Hall–Kier alpha value is -2.59. The molecule has 0 aromatic heterocycles. The first-order valence-corrected chi connectivity index (χ1v) is 6.21. The zero-order valence-corrected chi connectivity index (χ0v) is 11.0. The van der Waals surface area contributed by atoms with E-state index in [-0.39, 0.29) is 11.5 Å².